The van der Waals surface area contributed by atoms with Crippen LogP contribution in [0.15, 0.2) is 10.5 Å². The second kappa shape index (κ2) is 9.61. The van der Waals surface area contributed by atoms with Crippen molar-refractivity contribution in [3.05, 3.63) is 23.2 Å². The highest BCUT2D eigenvalue weighted by molar-refractivity contribution is 5.95. The summed E-state index contributed by atoms with van der Waals surface area (Å²) in [5.41, 5.74) is -1.95. The average Bonchev–Trinajstić information content (AvgIpc) is 3.30. The molecule has 16 heteroatoms. The van der Waals surface area contributed by atoms with Gasteiger partial charge in [0.2, 0.25) is 11.5 Å². The van der Waals surface area contributed by atoms with Crippen molar-refractivity contribution in [2.24, 2.45) is 0 Å². The summed E-state index contributed by atoms with van der Waals surface area (Å²) in [6.07, 6.45) is -13.0. The fraction of sp³-hybridized carbons (Fsp3) is 0.636. The van der Waals surface area contributed by atoms with Crippen molar-refractivity contribution in [2.75, 3.05) is 12.3 Å². The molecule has 0 aromatic carbocycles. The first-order chi connectivity index (χ1) is 17.5. The summed E-state index contributed by atoms with van der Waals surface area (Å²) in [6.45, 7) is -0.226. The van der Waals surface area contributed by atoms with Crippen molar-refractivity contribution in [3.8, 4) is 11.6 Å². The lowest BCUT2D eigenvalue weighted by Crippen LogP contribution is -2.45. The minimum Gasteiger partial charge on any atom is -0.416 e. The minimum atomic E-state index is -5.24. The van der Waals surface area contributed by atoms with Gasteiger partial charge in [0.05, 0.1) is 11.3 Å². The molecule has 2 aromatic rings. The minimum absolute atomic E-state index is 0.0125. The van der Waals surface area contributed by atoms with E-state index in [0.717, 1.165) is 4.90 Å². The Morgan fingerprint density at radius 1 is 1.00 bits per heavy atom. The summed E-state index contributed by atoms with van der Waals surface area (Å²) < 4.78 is 116. The van der Waals surface area contributed by atoms with E-state index in [1.165, 1.54) is 0 Å². The van der Waals surface area contributed by atoms with Crippen LogP contribution in [0.2, 0.25) is 0 Å². The molecule has 3 N–H and O–H groups in total. The molecule has 3 heterocycles. The van der Waals surface area contributed by atoms with Gasteiger partial charge >= 0.3 is 12.4 Å². The van der Waals surface area contributed by atoms with E-state index < -0.39 is 89.5 Å². The van der Waals surface area contributed by atoms with Crippen molar-refractivity contribution in [2.45, 2.75) is 81.3 Å². The number of nitrogen functional groups attached to an aromatic ring is 1. The predicted molar refractivity (Wildman–Crippen MR) is 114 cm³/mol. The SMILES string of the molecule is Nc1cc(C(F)(F)F)c2nc1-c1nnc(o1)[C@@](O)(C(F)(F)F)CCCCCN(C1CCC(F)(F)CC1)C2=O. The van der Waals surface area contributed by atoms with Gasteiger partial charge in [-0.2, -0.15) is 26.3 Å². The third kappa shape index (κ3) is 5.27. The highest BCUT2D eigenvalue weighted by Gasteiger charge is 2.58. The molecule has 1 fully saturated rings. The highest BCUT2D eigenvalue weighted by Crippen LogP contribution is 2.44. The molecule has 1 amide bonds. The second-order valence-electron chi connectivity index (χ2n) is 9.49. The standard InChI is InChI=1S/C22H23F8N5O3/c23-19(24)7-4-11(5-8-19)35-9-3-1-2-6-20(37,22(28,29)30)18-34-33-16(38-18)15-13(31)10-12(21(25,26)27)14(32-15)17(35)36/h10-11,37H,1-9,31H2/t20-/m1/s1. The van der Waals surface area contributed by atoms with E-state index in [1.54, 1.807) is 0 Å². The molecular weight excluding hydrogens is 534 g/mol. The normalized spacial score (nSPS) is 23.8. The van der Waals surface area contributed by atoms with Gasteiger partial charge in [-0.3, -0.25) is 4.79 Å². The number of aliphatic hydroxyl groups is 1. The number of anilines is 1. The Hall–Kier alpha value is -3.04. The Labute approximate surface area is 210 Å². The molecule has 1 saturated carbocycles. The molecule has 0 saturated heterocycles. The van der Waals surface area contributed by atoms with Gasteiger partial charge in [0.25, 0.3) is 17.7 Å². The average molecular weight is 557 g/mol. The van der Waals surface area contributed by atoms with Crippen molar-refractivity contribution >= 4 is 11.6 Å². The van der Waals surface area contributed by atoms with Crippen molar-refractivity contribution in [1.29, 1.82) is 0 Å². The van der Waals surface area contributed by atoms with Gasteiger partial charge in [-0.25, -0.2) is 13.8 Å². The molecule has 2 aliphatic rings. The van der Waals surface area contributed by atoms with Crippen LogP contribution in [-0.2, 0) is 11.8 Å². The molecule has 8 nitrogen and oxygen atoms in total. The molecule has 1 atom stereocenters. The van der Waals surface area contributed by atoms with Crippen LogP contribution in [0.5, 0.6) is 0 Å². The molecule has 38 heavy (non-hydrogen) atoms. The summed E-state index contributed by atoms with van der Waals surface area (Å²) in [5.74, 6) is -6.28. The summed E-state index contributed by atoms with van der Waals surface area (Å²) in [4.78, 5) is 18.2. The fourth-order valence-electron chi connectivity index (χ4n) is 4.70. The van der Waals surface area contributed by atoms with Crippen LogP contribution in [0.1, 0.15) is 73.3 Å². The Bertz CT molecular complexity index is 1190. The number of carbonyl (C=O) groups excluding carboxylic acids is 1. The fourth-order valence-corrected chi connectivity index (χ4v) is 4.70. The largest absolute Gasteiger partial charge is 0.426 e. The first-order valence-electron chi connectivity index (χ1n) is 11.7. The zero-order valence-corrected chi connectivity index (χ0v) is 19.7. The Morgan fingerprint density at radius 2 is 1.66 bits per heavy atom. The van der Waals surface area contributed by atoms with E-state index in [9.17, 15) is 45.0 Å². The Morgan fingerprint density at radius 3 is 2.26 bits per heavy atom. The number of nitrogens with two attached hydrogens (primary N) is 1. The van der Waals surface area contributed by atoms with E-state index in [4.69, 9.17) is 10.2 Å². The van der Waals surface area contributed by atoms with Gasteiger partial charge < -0.3 is 20.2 Å². The number of amides is 1. The third-order valence-electron chi connectivity index (χ3n) is 6.84. The maximum Gasteiger partial charge on any atom is 0.426 e. The number of alkyl halides is 8. The molecule has 0 radical (unpaired) electrons. The third-order valence-corrected chi connectivity index (χ3v) is 6.84. The number of rotatable bonds is 1. The quantitative estimate of drug-likeness (QED) is 0.470. The molecular formula is C22H23F8N5O3. The first-order valence-corrected chi connectivity index (χ1v) is 11.7. The van der Waals surface area contributed by atoms with Crippen LogP contribution < -0.4 is 5.73 Å². The predicted octanol–water partition coefficient (Wildman–Crippen LogP) is 5.08. The van der Waals surface area contributed by atoms with E-state index in [2.05, 4.69) is 15.2 Å². The summed E-state index contributed by atoms with van der Waals surface area (Å²) in [7, 11) is 0. The van der Waals surface area contributed by atoms with E-state index in [-0.39, 0.29) is 38.6 Å². The molecule has 2 aromatic heterocycles. The molecule has 4 bridgehead atoms. The topological polar surface area (TPSA) is 118 Å². The lowest BCUT2D eigenvalue weighted by Gasteiger charge is -2.37. The maximum atomic E-state index is 13.9. The van der Waals surface area contributed by atoms with Crippen LogP contribution in [0.25, 0.3) is 11.6 Å². The maximum absolute atomic E-state index is 13.9. The van der Waals surface area contributed by atoms with Crippen molar-refractivity contribution in [3.63, 3.8) is 0 Å². The highest BCUT2D eigenvalue weighted by atomic mass is 19.4. The van der Waals surface area contributed by atoms with Gasteiger partial charge in [0, 0.05) is 25.4 Å². The second-order valence-corrected chi connectivity index (χ2v) is 9.49. The van der Waals surface area contributed by atoms with Crippen LogP contribution in [0.4, 0.5) is 40.8 Å². The first kappa shape index (κ1) is 28.0. The summed E-state index contributed by atoms with van der Waals surface area (Å²) in [6, 6.07) is -0.477. The van der Waals surface area contributed by atoms with Crippen LogP contribution in [0, 0.1) is 0 Å². The smallest absolute Gasteiger partial charge is 0.416 e. The van der Waals surface area contributed by atoms with E-state index >= 15 is 0 Å². The van der Waals surface area contributed by atoms with E-state index in [0.29, 0.717) is 6.07 Å². The summed E-state index contributed by atoms with van der Waals surface area (Å²) in [5, 5.41) is 17.1. The number of carbonyl (C=O) groups is 1. The van der Waals surface area contributed by atoms with Crippen molar-refractivity contribution < 1.29 is 49.4 Å². The van der Waals surface area contributed by atoms with Gasteiger partial charge in [-0.1, -0.05) is 6.42 Å². The zero-order chi connectivity index (χ0) is 28.1. The number of fused-ring (bicyclic) bond motifs is 5. The lowest BCUT2D eigenvalue weighted by molar-refractivity contribution is -0.277. The lowest BCUT2D eigenvalue weighted by atomic mass is 9.90. The molecule has 0 spiro atoms. The number of hydrogen-bond acceptors (Lipinski definition) is 7. The molecule has 0 unspecified atom stereocenters. The van der Waals surface area contributed by atoms with Gasteiger partial charge in [-0.05, 0) is 38.2 Å². The van der Waals surface area contributed by atoms with Crippen LogP contribution >= 0.6 is 0 Å². The Balaban J connectivity index is 1.86. The molecule has 4 rings (SSSR count). The number of hydrogen-bond donors (Lipinski definition) is 2. The molecule has 210 valence electrons. The Kier molecular flexibility index (Phi) is 7.08. The zero-order valence-electron chi connectivity index (χ0n) is 19.7. The number of halogens is 8. The molecule has 1 aliphatic heterocycles. The molecule has 1 aliphatic carbocycles. The van der Waals surface area contributed by atoms with E-state index in [1.807, 2.05) is 0 Å². The van der Waals surface area contributed by atoms with Gasteiger partial charge in [-0.15, -0.1) is 10.2 Å². The monoisotopic (exact) mass is 557 g/mol. The van der Waals surface area contributed by atoms with Crippen LogP contribution in [0.3, 0.4) is 0 Å². The van der Waals surface area contributed by atoms with Crippen LogP contribution in [-0.4, -0.2) is 55.8 Å². The summed E-state index contributed by atoms with van der Waals surface area (Å²) >= 11 is 0. The van der Waals surface area contributed by atoms with Crippen molar-refractivity contribution in [1.82, 2.24) is 20.1 Å². The number of nitrogens with zero attached hydrogens (tertiary/aromatic N) is 4. The number of aromatic nitrogens is 3. The number of pyridine rings is 1. The van der Waals surface area contributed by atoms with Gasteiger partial charge in [0.1, 0.15) is 5.69 Å². The van der Waals surface area contributed by atoms with Gasteiger partial charge in [0.15, 0.2) is 5.69 Å².